The fourth-order valence-electron chi connectivity index (χ4n) is 3.11. The number of hydrogen-bond donors (Lipinski definition) is 0. The van der Waals surface area contributed by atoms with E-state index >= 15 is 0 Å². The summed E-state index contributed by atoms with van der Waals surface area (Å²) in [5.41, 5.74) is 1.01. The molecule has 3 heterocycles. The number of aryl methyl sites for hydroxylation is 1. The standard InChI is InChI=1S/C16H22N6S/c1-11-9-14(18-10-17-11)21(2)13-5-7-22(8-6-13)16-20-19-15(23-16)12-3-4-12/h9-10,12-13H,3-8H2,1-2H3. The van der Waals surface area contributed by atoms with Gasteiger partial charge in [-0.3, -0.25) is 0 Å². The zero-order valence-corrected chi connectivity index (χ0v) is 14.5. The van der Waals surface area contributed by atoms with Crippen LogP contribution in [0.1, 0.15) is 42.3 Å². The molecule has 1 aliphatic carbocycles. The van der Waals surface area contributed by atoms with Gasteiger partial charge in [-0.25, -0.2) is 9.97 Å². The summed E-state index contributed by atoms with van der Waals surface area (Å²) in [6.45, 7) is 4.09. The van der Waals surface area contributed by atoms with Gasteiger partial charge in [-0.2, -0.15) is 0 Å². The Bertz CT molecular complexity index is 675. The zero-order valence-electron chi connectivity index (χ0n) is 13.6. The quantitative estimate of drug-likeness (QED) is 0.859. The van der Waals surface area contributed by atoms with E-state index in [1.165, 1.54) is 17.8 Å². The topological polar surface area (TPSA) is 58.0 Å². The van der Waals surface area contributed by atoms with Gasteiger partial charge >= 0.3 is 0 Å². The van der Waals surface area contributed by atoms with Gasteiger partial charge in [0.15, 0.2) is 0 Å². The van der Waals surface area contributed by atoms with Crippen molar-refractivity contribution in [2.45, 2.75) is 44.6 Å². The molecule has 2 aromatic heterocycles. The number of nitrogens with zero attached hydrogens (tertiary/aromatic N) is 6. The Labute approximate surface area is 140 Å². The van der Waals surface area contributed by atoms with Crippen LogP contribution in [-0.2, 0) is 0 Å². The highest BCUT2D eigenvalue weighted by molar-refractivity contribution is 7.15. The maximum atomic E-state index is 4.40. The highest BCUT2D eigenvalue weighted by atomic mass is 32.1. The number of hydrogen-bond acceptors (Lipinski definition) is 7. The Morgan fingerprint density at radius 2 is 1.91 bits per heavy atom. The summed E-state index contributed by atoms with van der Waals surface area (Å²) in [6, 6.07) is 2.58. The van der Waals surface area contributed by atoms with Crippen molar-refractivity contribution in [2.75, 3.05) is 29.9 Å². The van der Waals surface area contributed by atoms with Gasteiger partial charge < -0.3 is 9.80 Å². The van der Waals surface area contributed by atoms with Crippen LogP contribution in [0.5, 0.6) is 0 Å². The minimum Gasteiger partial charge on any atom is -0.356 e. The lowest BCUT2D eigenvalue weighted by atomic mass is 10.0. The van der Waals surface area contributed by atoms with Gasteiger partial charge in [0.1, 0.15) is 17.2 Å². The van der Waals surface area contributed by atoms with E-state index in [1.54, 1.807) is 17.7 Å². The van der Waals surface area contributed by atoms with Crippen LogP contribution in [0.2, 0.25) is 0 Å². The average Bonchev–Trinajstić information content (AvgIpc) is 3.32. The van der Waals surface area contributed by atoms with Crippen LogP contribution in [0.4, 0.5) is 10.9 Å². The summed E-state index contributed by atoms with van der Waals surface area (Å²) in [7, 11) is 2.14. The second-order valence-corrected chi connectivity index (χ2v) is 7.53. The van der Waals surface area contributed by atoms with Gasteiger partial charge in [-0.1, -0.05) is 11.3 Å². The van der Waals surface area contributed by atoms with Gasteiger partial charge in [-0.05, 0) is 32.6 Å². The summed E-state index contributed by atoms with van der Waals surface area (Å²) in [6.07, 6.45) is 6.48. The molecule has 0 N–H and O–H groups in total. The SMILES string of the molecule is Cc1cc(N(C)C2CCN(c3nnc(C4CC4)s3)CC2)ncn1. The molecule has 0 bridgehead atoms. The van der Waals surface area contributed by atoms with Crippen LogP contribution in [-0.4, -0.2) is 46.3 Å². The van der Waals surface area contributed by atoms with Crippen molar-refractivity contribution in [1.29, 1.82) is 0 Å². The molecule has 2 aromatic rings. The van der Waals surface area contributed by atoms with E-state index in [0.29, 0.717) is 12.0 Å². The summed E-state index contributed by atoms with van der Waals surface area (Å²) in [4.78, 5) is 13.3. The predicted molar refractivity (Wildman–Crippen MR) is 92.3 cm³/mol. The predicted octanol–water partition coefficient (Wildman–Crippen LogP) is 2.62. The molecule has 7 heteroatoms. The lowest BCUT2D eigenvalue weighted by Crippen LogP contribution is -2.43. The first kappa shape index (κ1) is 14.8. The smallest absolute Gasteiger partial charge is 0.208 e. The molecule has 1 saturated carbocycles. The van der Waals surface area contributed by atoms with Crippen molar-refractivity contribution in [2.24, 2.45) is 0 Å². The van der Waals surface area contributed by atoms with E-state index in [9.17, 15) is 0 Å². The maximum Gasteiger partial charge on any atom is 0.208 e. The van der Waals surface area contributed by atoms with Gasteiger partial charge in [0, 0.05) is 43.9 Å². The fraction of sp³-hybridized carbons (Fsp3) is 0.625. The van der Waals surface area contributed by atoms with Crippen molar-refractivity contribution in [3.8, 4) is 0 Å². The third kappa shape index (κ3) is 3.15. The van der Waals surface area contributed by atoms with E-state index in [-0.39, 0.29) is 0 Å². The minimum absolute atomic E-state index is 0.524. The molecule has 0 radical (unpaired) electrons. The van der Waals surface area contributed by atoms with Crippen molar-refractivity contribution in [3.63, 3.8) is 0 Å². The van der Waals surface area contributed by atoms with E-state index in [4.69, 9.17) is 0 Å². The molecule has 4 rings (SSSR count). The van der Waals surface area contributed by atoms with Crippen LogP contribution < -0.4 is 9.80 Å². The van der Waals surface area contributed by atoms with Crippen molar-refractivity contribution >= 4 is 22.3 Å². The molecule has 2 fully saturated rings. The molecule has 0 amide bonds. The van der Waals surface area contributed by atoms with Crippen molar-refractivity contribution in [1.82, 2.24) is 20.2 Å². The molecule has 2 aliphatic rings. The third-order valence-corrected chi connectivity index (χ3v) is 5.94. The van der Waals surface area contributed by atoms with Gasteiger partial charge in [-0.15, -0.1) is 10.2 Å². The highest BCUT2D eigenvalue weighted by Crippen LogP contribution is 2.42. The summed E-state index contributed by atoms with van der Waals surface area (Å²) in [5.74, 6) is 1.72. The van der Waals surface area contributed by atoms with Crippen LogP contribution in [0.15, 0.2) is 12.4 Å². The Morgan fingerprint density at radius 1 is 1.13 bits per heavy atom. The van der Waals surface area contributed by atoms with E-state index in [1.807, 2.05) is 6.92 Å². The van der Waals surface area contributed by atoms with Gasteiger partial charge in [0.25, 0.3) is 0 Å². The molecule has 1 aliphatic heterocycles. The molecular weight excluding hydrogens is 308 g/mol. The lowest BCUT2D eigenvalue weighted by molar-refractivity contribution is 0.479. The molecule has 0 spiro atoms. The highest BCUT2D eigenvalue weighted by Gasteiger charge is 2.30. The lowest BCUT2D eigenvalue weighted by Gasteiger charge is -2.37. The Morgan fingerprint density at radius 3 is 2.61 bits per heavy atom. The molecule has 1 saturated heterocycles. The number of piperidine rings is 1. The molecule has 0 unspecified atom stereocenters. The molecular formula is C16H22N6S. The Hall–Kier alpha value is -1.76. The van der Waals surface area contributed by atoms with Crippen molar-refractivity contribution < 1.29 is 0 Å². The molecule has 122 valence electrons. The van der Waals surface area contributed by atoms with Crippen LogP contribution >= 0.6 is 11.3 Å². The first-order chi connectivity index (χ1) is 11.2. The van der Waals surface area contributed by atoms with Crippen LogP contribution in [0.3, 0.4) is 0 Å². The Balaban J connectivity index is 1.38. The van der Waals surface area contributed by atoms with E-state index < -0.39 is 0 Å². The largest absolute Gasteiger partial charge is 0.356 e. The summed E-state index contributed by atoms with van der Waals surface area (Å²) < 4.78 is 0. The van der Waals surface area contributed by atoms with Crippen LogP contribution in [0, 0.1) is 6.92 Å². The molecule has 0 aromatic carbocycles. The monoisotopic (exact) mass is 330 g/mol. The fourth-order valence-corrected chi connectivity index (χ4v) is 4.18. The van der Waals surface area contributed by atoms with Crippen LogP contribution in [0.25, 0.3) is 0 Å². The maximum absolute atomic E-state index is 4.40. The summed E-state index contributed by atoms with van der Waals surface area (Å²) >= 11 is 1.79. The molecule has 23 heavy (non-hydrogen) atoms. The first-order valence-corrected chi connectivity index (χ1v) is 9.12. The van der Waals surface area contributed by atoms with Crippen molar-refractivity contribution in [3.05, 3.63) is 23.1 Å². The normalized spacial score (nSPS) is 19.1. The first-order valence-electron chi connectivity index (χ1n) is 8.30. The van der Waals surface area contributed by atoms with Gasteiger partial charge in [0.2, 0.25) is 5.13 Å². The number of aromatic nitrogens is 4. The average molecular weight is 330 g/mol. The van der Waals surface area contributed by atoms with Gasteiger partial charge in [0.05, 0.1) is 0 Å². The number of anilines is 2. The Kier molecular flexibility index (Phi) is 3.88. The van der Waals surface area contributed by atoms with E-state index in [0.717, 1.165) is 42.6 Å². The molecule has 0 atom stereocenters. The summed E-state index contributed by atoms with van der Waals surface area (Å²) in [5, 5.41) is 11.1. The number of rotatable bonds is 4. The molecule has 6 nitrogen and oxygen atoms in total. The second kappa shape index (κ2) is 6.03. The van der Waals surface area contributed by atoms with E-state index in [2.05, 4.69) is 43.1 Å². The zero-order chi connectivity index (χ0) is 15.8. The minimum atomic E-state index is 0.524. The second-order valence-electron chi connectivity index (χ2n) is 6.54. The third-order valence-electron chi connectivity index (χ3n) is 4.79.